The Bertz CT molecular complexity index is 1370. The van der Waals surface area contributed by atoms with Crippen molar-refractivity contribution in [1.82, 2.24) is 19.7 Å². The maximum Gasteiger partial charge on any atom is 0.255 e. The molecule has 0 saturated carbocycles. The zero-order chi connectivity index (χ0) is 23.8. The van der Waals surface area contributed by atoms with Crippen LogP contribution in [0, 0.1) is 0 Å². The Morgan fingerprint density at radius 2 is 1.89 bits per heavy atom. The number of fused-ring (bicyclic) bond motifs is 2. The van der Waals surface area contributed by atoms with Crippen LogP contribution in [0.5, 0.6) is 11.5 Å². The normalized spacial score (nSPS) is 15.5. The van der Waals surface area contributed by atoms with Crippen molar-refractivity contribution in [2.75, 3.05) is 25.2 Å². The summed E-state index contributed by atoms with van der Waals surface area (Å²) in [4.78, 5) is 31.8. The number of hydrogen-bond donors (Lipinski definition) is 1. The van der Waals surface area contributed by atoms with Gasteiger partial charge in [-0.1, -0.05) is 12.1 Å². The van der Waals surface area contributed by atoms with E-state index < -0.39 is 0 Å². The molecule has 2 aromatic carbocycles. The number of amides is 2. The van der Waals surface area contributed by atoms with E-state index >= 15 is 0 Å². The molecule has 4 aromatic rings. The van der Waals surface area contributed by atoms with E-state index in [-0.39, 0.29) is 31.1 Å². The summed E-state index contributed by atoms with van der Waals surface area (Å²) < 4.78 is 18.0. The van der Waals surface area contributed by atoms with Gasteiger partial charge in [-0.3, -0.25) is 14.3 Å². The lowest BCUT2D eigenvalue weighted by atomic mass is 9.97. The van der Waals surface area contributed by atoms with Crippen molar-refractivity contribution in [3.8, 4) is 11.5 Å². The summed E-state index contributed by atoms with van der Waals surface area (Å²) in [5.74, 6) is 1.79. The number of carbonyl (C=O) groups is 2. The van der Waals surface area contributed by atoms with Gasteiger partial charge in [-0.15, -0.1) is 0 Å². The predicted octanol–water partition coefficient (Wildman–Crippen LogP) is 3.41. The molecule has 1 fully saturated rings. The molecule has 35 heavy (non-hydrogen) atoms. The molecule has 2 aliphatic heterocycles. The molecule has 6 rings (SSSR count). The third kappa shape index (κ3) is 4.30. The first-order valence-electron chi connectivity index (χ1n) is 11.5. The second-order valence-corrected chi connectivity index (χ2v) is 8.62. The number of ether oxygens (including phenoxy) is 2. The molecule has 2 aliphatic rings. The van der Waals surface area contributed by atoms with Crippen LogP contribution in [0.3, 0.4) is 0 Å². The van der Waals surface area contributed by atoms with Crippen molar-refractivity contribution in [2.45, 2.75) is 25.3 Å². The second-order valence-electron chi connectivity index (χ2n) is 8.62. The number of carbonyl (C=O) groups excluding carboxylic acids is 2. The van der Waals surface area contributed by atoms with Crippen molar-refractivity contribution in [2.24, 2.45) is 0 Å². The molecular weight excluding hydrogens is 450 g/mol. The standard InChI is InChI=1S/C25H23N5O5/c31-23(29-9-7-16(8-10-29)25-28-19-3-1-2-4-20(19)35-25)14-30-13-18(12-26-30)27-24(32)17-5-6-21-22(11-17)34-15-33-21/h1-6,11-13,16H,7-10,14-15H2,(H,27,32). The Morgan fingerprint density at radius 1 is 1.06 bits per heavy atom. The minimum atomic E-state index is -0.296. The SMILES string of the molecule is O=C(Nc1cnn(CC(=O)N2CCC(c3nc4ccccc4o3)CC2)c1)c1ccc2c(c1)OCO2. The highest BCUT2D eigenvalue weighted by Gasteiger charge is 2.27. The zero-order valence-electron chi connectivity index (χ0n) is 18.8. The van der Waals surface area contributed by atoms with Crippen molar-refractivity contribution < 1.29 is 23.5 Å². The van der Waals surface area contributed by atoms with Crippen LogP contribution in [0.2, 0.25) is 0 Å². The zero-order valence-corrected chi connectivity index (χ0v) is 18.8. The van der Waals surface area contributed by atoms with Crippen molar-refractivity contribution in [3.05, 3.63) is 66.3 Å². The molecule has 178 valence electrons. The number of rotatable bonds is 5. The molecule has 1 saturated heterocycles. The molecule has 0 spiro atoms. The van der Waals surface area contributed by atoms with Gasteiger partial charge in [0.05, 0.1) is 11.9 Å². The molecule has 4 heterocycles. The van der Waals surface area contributed by atoms with E-state index in [9.17, 15) is 9.59 Å². The maximum absolute atomic E-state index is 12.8. The van der Waals surface area contributed by atoms with E-state index in [2.05, 4.69) is 15.4 Å². The molecular formula is C25H23N5O5. The van der Waals surface area contributed by atoms with Crippen LogP contribution in [0.15, 0.2) is 59.3 Å². The quantitative estimate of drug-likeness (QED) is 0.473. The number of para-hydroxylation sites is 2. The van der Waals surface area contributed by atoms with Crippen LogP contribution in [0.25, 0.3) is 11.1 Å². The van der Waals surface area contributed by atoms with Gasteiger partial charge in [0, 0.05) is 30.8 Å². The summed E-state index contributed by atoms with van der Waals surface area (Å²) >= 11 is 0. The first kappa shape index (κ1) is 21.2. The molecule has 0 aliphatic carbocycles. The topological polar surface area (TPSA) is 112 Å². The summed E-state index contributed by atoms with van der Waals surface area (Å²) in [6.45, 7) is 1.53. The molecule has 10 heteroatoms. The molecule has 2 amide bonds. The molecule has 2 aromatic heterocycles. The van der Waals surface area contributed by atoms with Crippen LogP contribution in [-0.2, 0) is 11.3 Å². The second kappa shape index (κ2) is 8.79. The fourth-order valence-electron chi connectivity index (χ4n) is 4.43. The van der Waals surface area contributed by atoms with Gasteiger partial charge in [0.25, 0.3) is 5.91 Å². The Balaban J connectivity index is 1.03. The lowest BCUT2D eigenvalue weighted by Crippen LogP contribution is -2.39. The lowest BCUT2D eigenvalue weighted by Gasteiger charge is -2.30. The first-order valence-corrected chi connectivity index (χ1v) is 11.5. The number of nitrogens with zero attached hydrogens (tertiary/aromatic N) is 4. The van der Waals surface area contributed by atoms with Crippen LogP contribution in [-0.4, -0.2) is 51.4 Å². The smallest absolute Gasteiger partial charge is 0.255 e. The van der Waals surface area contributed by atoms with Crippen molar-refractivity contribution in [1.29, 1.82) is 0 Å². The van der Waals surface area contributed by atoms with E-state index in [4.69, 9.17) is 13.9 Å². The fraction of sp³-hybridized carbons (Fsp3) is 0.280. The summed E-state index contributed by atoms with van der Waals surface area (Å²) in [6, 6.07) is 12.7. The van der Waals surface area contributed by atoms with Gasteiger partial charge in [0.1, 0.15) is 12.1 Å². The number of benzene rings is 2. The number of anilines is 1. The number of hydrogen-bond acceptors (Lipinski definition) is 7. The Morgan fingerprint density at radius 3 is 2.74 bits per heavy atom. The minimum absolute atomic E-state index is 0.0160. The summed E-state index contributed by atoms with van der Waals surface area (Å²) in [7, 11) is 0. The molecule has 0 unspecified atom stereocenters. The number of oxazole rings is 1. The Kier molecular flexibility index (Phi) is 5.32. The highest BCUT2D eigenvalue weighted by molar-refractivity contribution is 6.04. The van der Waals surface area contributed by atoms with Gasteiger partial charge >= 0.3 is 0 Å². The number of likely N-dealkylation sites (tertiary alicyclic amines) is 1. The summed E-state index contributed by atoms with van der Waals surface area (Å²) in [5, 5.41) is 7.02. The van der Waals surface area contributed by atoms with Gasteiger partial charge in [-0.2, -0.15) is 5.10 Å². The molecule has 10 nitrogen and oxygen atoms in total. The number of aromatic nitrogens is 3. The van der Waals surface area contributed by atoms with Crippen molar-refractivity contribution in [3.63, 3.8) is 0 Å². The third-order valence-corrected chi connectivity index (χ3v) is 6.33. The monoisotopic (exact) mass is 473 g/mol. The molecule has 0 atom stereocenters. The average Bonchev–Trinajstić information content (AvgIpc) is 3.63. The molecule has 0 bridgehead atoms. The average molecular weight is 473 g/mol. The predicted molar refractivity (Wildman–Crippen MR) is 125 cm³/mol. The van der Waals surface area contributed by atoms with Crippen molar-refractivity contribution >= 4 is 28.6 Å². The van der Waals surface area contributed by atoms with Gasteiger partial charge in [0.15, 0.2) is 23.0 Å². The molecule has 1 N–H and O–H groups in total. The van der Waals surface area contributed by atoms with Crippen LogP contribution >= 0.6 is 0 Å². The Labute approximate surface area is 200 Å². The number of piperidine rings is 1. The van der Waals surface area contributed by atoms with Crippen LogP contribution in [0.4, 0.5) is 5.69 Å². The summed E-state index contributed by atoms with van der Waals surface area (Å²) in [5.41, 5.74) is 2.61. The largest absolute Gasteiger partial charge is 0.454 e. The number of nitrogens with one attached hydrogen (secondary N) is 1. The minimum Gasteiger partial charge on any atom is -0.454 e. The lowest BCUT2D eigenvalue weighted by molar-refractivity contribution is -0.133. The van der Waals surface area contributed by atoms with E-state index in [1.54, 1.807) is 24.4 Å². The van der Waals surface area contributed by atoms with E-state index in [0.717, 1.165) is 29.8 Å². The highest BCUT2D eigenvalue weighted by atomic mass is 16.7. The van der Waals surface area contributed by atoms with E-state index in [1.807, 2.05) is 29.2 Å². The van der Waals surface area contributed by atoms with Gasteiger partial charge in [0.2, 0.25) is 12.7 Å². The van der Waals surface area contributed by atoms with E-state index in [1.165, 1.54) is 10.9 Å². The third-order valence-electron chi connectivity index (χ3n) is 6.33. The highest BCUT2D eigenvalue weighted by Crippen LogP contribution is 2.33. The van der Waals surface area contributed by atoms with Gasteiger partial charge < -0.3 is 24.1 Å². The van der Waals surface area contributed by atoms with E-state index in [0.29, 0.717) is 35.8 Å². The fourth-order valence-corrected chi connectivity index (χ4v) is 4.43. The van der Waals surface area contributed by atoms with Gasteiger partial charge in [-0.25, -0.2) is 4.98 Å². The Hall–Kier alpha value is -4.34. The first-order chi connectivity index (χ1) is 17.1. The molecule has 0 radical (unpaired) electrons. The maximum atomic E-state index is 12.8. The van der Waals surface area contributed by atoms with Crippen LogP contribution in [0.1, 0.15) is 35.0 Å². The summed E-state index contributed by atoms with van der Waals surface area (Å²) in [6.07, 6.45) is 4.77. The van der Waals surface area contributed by atoms with Gasteiger partial charge in [-0.05, 0) is 43.2 Å². The van der Waals surface area contributed by atoms with Crippen LogP contribution < -0.4 is 14.8 Å².